The minimum absolute atomic E-state index is 0.00931. The van der Waals surface area contributed by atoms with Crippen LogP contribution in [0.4, 0.5) is 40.3 Å². The van der Waals surface area contributed by atoms with Crippen molar-refractivity contribution in [3.05, 3.63) is 71.3 Å². The van der Waals surface area contributed by atoms with Crippen LogP contribution in [0.2, 0.25) is 0 Å². The SMILES string of the molecule is Cc1cc(OCCN2CCN(CC(=O)Nc3cccc(NC4CCC(=O)NC4=O)c3)CC2)c(F)cc1N1C(S)N(c2cnc(C#N)c(C(F)(F)F)c2)C(=O)C1(C)C. The lowest BCUT2D eigenvalue weighted by Crippen LogP contribution is -2.49. The first-order valence-electron chi connectivity index (χ1n) is 18.1. The number of imide groups is 1. The summed E-state index contributed by atoms with van der Waals surface area (Å²) in [5.41, 5.74) is -2.80. The molecular weight excluding hydrogens is 771 g/mol. The molecule has 302 valence electrons. The fraction of sp³-hybridized carbons (Fsp3) is 0.421. The molecule has 3 aliphatic rings. The fourth-order valence-corrected chi connectivity index (χ4v) is 7.72. The predicted octanol–water partition coefficient (Wildman–Crippen LogP) is 4.12. The molecule has 3 saturated heterocycles. The van der Waals surface area contributed by atoms with Gasteiger partial charge in [0.05, 0.1) is 24.0 Å². The van der Waals surface area contributed by atoms with Crippen molar-refractivity contribution in [3.63, 3.8) is 0 Å². The number of alkyl halides is 3. The van der Waals surface area contributed by atoms with E-state index in [0.717, 1.165) is 11.1 Å². The standard InChI is InChI=1S/C38H41F4N9O5S/c1-22-15-31(27(39)18-30(22)51-36(57)50(35(55)37(51,2)3)25-17-26(38(40,41)42)29(19-43)44-20-25)56-14-13-48-9-11-49(12-10-48)21-33(53)46-24-6-4-5-23(16-24)45-28-7-8-32(52)47-34(28)54/h4-6,15-18,20,28,36,45,57H,7-14,21H2,1-3H3,(H,46,53)(H,47,52,54). The number of benzene rings is 2. The first kappa shape index (κ1) is 41.2. The Labute approximate surface area is 331 Å². The number of anilines is 4. The van der Waals surface area contributed by atoms with Crippen molar-refractivity contribution in [2.45, 2.75) is 56.9 Å². The van der Waals surface area contributed by atoms with Gasteiger partial charge in [-0.15, -0.1) is 12.6 Å². The monoisotopic (exact) mass is 811 g/mol. The van der Waals surface area contributed by atoms with E-state index in [1.165, 1.54) is 23.1 Å². The van der Waals surface area contributed by atoms with Crippen LogP contribution in [0.15, 0.2) is 48.7 Å². The van der Waals surface area contributed by atoms with Crippen LogP contribution in [-0.2, 0) is 25.4 Å². The van der Waals surface area contributed by atoms with E-state index in [2.05, 4.69) is 38.5 Å². The van der Waals surface area contributed by atoms with E-state index in [9.17, 15) is 32.3 Å². The minimum atomic E-state index is -4.89. The van der Waals surface area contributed by atoms with E-state index in [1.807, 2.05) is 4.90 Å². The highest BCUT2D eigenvalue weighted by atomic mass is 32.1. The molecule has 3 aliphatic heterocycles. The largest absolute Gasteiger partial charge is 0.489 e. The van der Waals surface area contributed by atoms with E-state index < -0.39 is 46.2 Å². The maximum Gasteiger partial charge on any atom is 0.419 e. The van der Waals surface area contributed by atoms with Gasteiger partial charge in [0.15, 0.2) is 22.8 Å². The van der Waals surface area contributed by atoms with Crippen LogP contribution in [0.5, 0.6) is 5.75 Å². The molecule has 0 bridgehead atoms. The Hall–Kier alpha value is -5.45. The highest BCUT2D eigenvalue weighted by molar-refractivity contribution is 7.81. The van der Waals surface area contributed by atoms with Crippen LogP contribution in [0, 0.1) is 24.1 Å². The van der Waals surface area contributed by atoms with Crippen LogP contribution in [-0.4, -0.2) is 101 Å². The summed E-state index contributed by atoms with van der Waals surface area (Å²) in [6.07, 6.45) is -3.26. The average Bonchev–Trinajstić information content (AvgIpc) is 3.32. The fourth-order valence-electron chi connectivity index (χ4n) is 7.07. The van der Waals surface area contributed by atoms with Gasteiger partial charge in [-0.25, -0.2) is 9.37 Å². The predicted molar refractivity (Wildman–Crippen MR) is 205 cm³/mol. The number of piperidine rings is 1. The molecule has 3 N–H and O–H groups in total. The first-order valence-corrected chi connectivity index (χ1v) is 18.6. The van der Waals surface area contributed by atoms with Gasteiger partial charge in [-0.05, 0) is 63.1 Å². The van der Waals surface area contributed by atoms with Crippen molar-refractivity contribution in [2.75, 3.05) is 66.3 Å². The van der Waals surface area contributed by atoms with Crippen LogP contribution < -0.4 is 30.5 Å². The number of ether oxygens (including phenoxy) is 1. The molecular formula is C38H41F4N9O5S. The summed E-state index contributed by atoms with van der Waals surface area (Å²) < 4.78 is 62.5. The third kappa shape index (κ3) is 9.08. The van der Waals surface area contributed by atoms with Gasteiger partial charge in [0.2, 0.25) is 17.7 Å². The van der Waals surface area contributed by atoms with E-state index in [-0.39, 0.29) is 54.4 Å². The van der Waals surface area contributed by atoms with Gasteiger partial charge in [-0.2, -0.15) is 18.4 Å². The zero-order valence-corrected chi connectivity index (χ0v) is 32.2. The van der Waals surface area contributed by atoms with Gasteiger partial charge in [0.1, 0.15) is 24.3 Å². The molecule has 14 nitrogen and oxygen atoms in total. The number of thiol groups is 1. The van der Waals surface area contributed by atoms with Crippen molar-refractivity contribution in [2.24, 2.45) is 0 Å². The molecule has 0 saturated carbocycles. The zero-order chi connectivity index (χ0) is 41.2. The molecule has 1 aromatic heterocycles. The van der Waals surface area contributed by atoms with E-state index in [0.29, 0.717) is 62.1 Å². The molecule has 2 unspecified atom stereocenters. The van der Waals surface area contributed by atoms with E-state index in [4.69, 9.17) is 10.00 Å². The van der Waals surface area contributed by atoms with E-state index >= 15 is 4.39 Å². The zero-order valence-electron chi connectivity index (χ0n) is 31.3. The van der Waals surface area contributed by atoms with Gasteiger partial charge >= 0.3 is 6.18 Å². The maximum atomic E-state index is 15.6. The summed E-state index contributed by atoms with van der Waals surface area (Å²) in [5, 5.41) is 17.4. The lowest BCUT2D eigenvalue weighted by Gasteiger charge is -2.35. The van der Waals surface area contributed by atoms with E-state index in [1.54, 1.807) is 45.0 Å². The number of carbonyl (C=O) groups is 4. The maximum absolute atomic E-state index is 15.6. The number of amides is 4. The highest BCUT2D eigenvalue weighted by Gasteiger charge is 2.52. The molecule has 0 spiro atoms. The van der Waals surface area contributed by atoms with Gasteiger partial charge < -0.3 is 20.3 Å². The normalized spacial score (nSPS) is 20.3. The Kier molecular flexibility index (Phi) is 12.0. The lowest BCUT2D eigenvalue weighted by atomic mass is 10.0. The molecule has 3 fully saturated rings. The molecule has 2 atom stereocenters. The van der Waals surface area contributed by atoms with Crippen molar-refractivity contribution in [3.8, 4) is 11.8 Å². The summed E-state index contributed by atoms with van der Waals surface area (Å²) in [4.78, 5) is 60.3. The number of piperazine rings is 1. The molecule has 4 heterocycles. The molecule has 19 heteroatoms. The third-order valence-electron chi connectivity index (χ3n) is 10.1. The summed E-state index contributed by atoms with van der Waals surface area (Å²) >= 11 is 4.58. The minimum Gasteiger partial charge on any atom is -0.489 e. The Morgan fingerprint density at radius 1 is 1.09 bits per heavy atom. The number of carbonyl (C=O) groups excluding carboxylic acids is 4. The second-order valence-electron chi connectivity index (χ2n) is 14.5. The summed E-state index contributed by atoms with van der Waals surface area (Å²) in [6, 6.07) is 11.3. The third-order valence-corrected chi connectivity index (χ3v) is 10.6. The molecule has 4 amide bonds. The van der Waals surface area contributed by atoms with Crippen LogP contribution >= 0.6 is 12.6 Å². The molecule has 0 aliphatic carbocycles. The number of pyridine rings is 1. The Morgan fingerprint density at radius 3 is 2.47 bits per heavy atom. The Morgan fingerprint density at radius 2 is 1.79 bits per heavy atom. The quantitative estimate of drug-likeness (QED) is 0.125. The summed E-state index contributed by atoms with van der Waals surface area (Å²) in [5.74, 6) is -2.19. The number of nitrogens with zero attached hydrogens (tertiary/aromatic N) is 6. The number of aromatic nitrogens is 1. The van der Waals surface area contributed by atoms with Gasteiger partial charge in [0, 0.05) is 62.3 Å². The van der Waals surface area contributed by atoms with Gasteiger partial charge in [-0.1, -0.05) is 6.07 Å². The number of hydrogen-bond donors (Lipinski definition) is 4. The molecule has 6 rings (SSSR count). The first-order chi connectivity index (χ1) is 27.0. The van der Waals surface area contributed by atoms with Crippen molar-refractivity contribution < 1.29 is 41.5 Å². The number of nitriles is 1. The molecule has 0 radical (unpaired) electrons. The Bertz CT molecular complexity index is 2110. The van der Waals surface area contributed by atoms with Crippen LogP contribution in [0.1, 0.15) is 43.5 Å². The number of rotatable bonds is 11. The molecule has 2 aromatic carbocycles. The van der Waals surface area contributed by atoms with Gasteiger partial charge in [-0.3, -0.25) is 39.2 Å². The topological polar surface area (TPSA) is 163 Å². The number of hydrogen-bond acceptors (Lipinski definition) is 12. The number of halogens is 4. The van der Waals surface area contributed by atoms with Crippen molar-refractivity contribution in [1.29, 1.82) is 5.26 Å². The van der Waals surface area contributed by atoms with Gasteiger partial charge in [0.25, 0.3) is 5.91 Å². The lowest BCUT2D eigenvalue weighted by molar-refractivity contribution is -0.138. The molecule has 57 heavy (non-hydrogen) atoms. The second kappa shape index (κ2) is 16.6. The summed E-state index contributed by atoms with van der Waals surface area (Å²) in [7, 11) is 0. The van der Waals surface area contributed by atoms with Crippen LogP contribution in [0.3, 0.4) is 0 Å². The smallest absolute Gasteiger partial charge is 0.419 e. The molecule has 3 aromatic rings. The number of nitrogens with one attached hydrogen (secondary N) is 3. The number of aryl methyl sites for hydroxylation is 1. The van der Waals surface area contributed by atoms with Crippen molar-refractivity contribution in [1.82, 2.24) is 20.1 Å². The van der Waals surface area contributed by atoms with Crippen LogP contribution in [0.25, 0.3) is 0 Å². The average molecular weight is 812 g/mol. The second-order valence-corrected chi connectivity index (χ2v) is 14.9. The highest BCUT2D eigenvalue weighted by Crippen LogP contribution is 2.43. The van der Waals surface area contributed by atoms with Crippen molar-refractivity contribution >= 4 is 59.0 Å². The Balaban J connectivity index is 0.995. The summed E-state index contributed by atoms with van der Waals surface area (Å²) in [6.45, 7) is 8.19.